The summed E-state index contributed by atoms with van der Waals surface area (Å²) in [5.41, 5.74) is 1.52. The zero-order valence-corrected chi connectivity index (χ0v) is 23.5. The molecule has 13 heteroatoms. The summed E-state index contributed by atoms with van der Waals surface area (Å²) in [6.45, 7) is 4.75. The summed E-state index contributed by atoms with van der Waals surface area (Å²) in [5, 5.41) is 12.9. The van der Waals surface area contributed by atoms with Crippen LogP contribution < -0.4 is 15.4 Å². The van der Waals surface area contributed by atoms with E-state index in [2.05, 4.69) is 25.6 Å². The van der Waals surface area contributed by atoms with Gasteiger partial charge in [-0.25, -0.2) is 13.1 Å². The molecule has 214 valence electrons. The second kappa shape index (κ2) is 13.9. The molecular weight excluding hydrogens is 538 g/mol. The topological polar surface area (TPSA) is 170 Å². The second-order valence-electron chi connectivity index (χ2n) is 9.55. The zero-order chi connectivity index (χ0) is 29.3. The summed E-state index contributed by atoms with van der Waals surface area (Å²) < 4.78 is 37.8. The smallest absolute Gasteiger partial charge is 0.286 e. The van der Waals surface area contributed by atoms with Gasteiger partial charge in [-0.3, -0.25) is 14.4 Å². The van der Waals surface area contributed by atoms with E-state index in [0.29, 0.717) is 5.56 Å². The summed E-state index contributed by atoms with van der Waals surface area (Å²) in [6, 6.07) is 12.8. The number of ketones is 1. The molecule has 0 fully saturated rings. The van der Waals surface area contributed by atoms with Gasteiger partial charge in [0.1, 0.15) is 6.04 Å². The van der Waals surface area contributed by atoms with E-state index in [1.54, 1.807) is 36.4 Å². The van der Waals surface area contributed by atoms with E-state index in [1.165, 1.54) is 19.2 Å². The van der Waals surface area contributed by atoms with Crippen LogP contribution in [0.4, 0.5) is 0 Å². The summed E-state index contributed by atoms with van der Waals surface area (Å²) in [4.78, 5) is 38.9. The third-order valence-corrected chi connectivity index (χ3v) is 7.15. The van der Waals surface area contributed by atoms with Crippen molar-refractivity contribution in [3.8, 4) is 11.5 Å². The maximum atomic E-state index is 13.2. The minimum Gasteiger partial charge on any atom is -0.414 e. The van der Waals surface area contributed by atoms with Gasteiger partial charge in [0.2, 0.25) is 33.5 Å². The summed E-state index contributed by atoms with van der Waals surface area (Å²) in [5.74, 6) is -2.12. The van der Waals surface area contributed by atoms with E-state index in [0.717, 1.165) is 5.56 Å². The van der Waals surface area contributed by atoms with Crippen LogP contribution in [0.15, 0.2) is 63.9 Å². The van der Waals surface area contributed by atoms with Gasteiger partial charge in [0.25, 0.3) is 5.89 Å². The summed E-state index contributed by atoms with van der Waals surface area (Å²) >= 11 is 0. The number of hydrogen-bond donors (Lipinski definition) is 3. The van der Waals surface area contributed by atoms with E-state index >= 15 is 0 Å². The molecule has 0 aliphatic carbocycles. The van der Waals surface area contributed by atoms with Gasteiger partial charge in [-0.15, -0.1) is 10.2 Å². The third kappa shape index (κ3) is 8.53. The molecule has 2 aromatic carbocycles. The van der Waals surface area contributed by atoms with Crippen molar-refractivity contribution in [1.29, 1.82) is 0 Å². The van der Waals surface area contributed by atoms with Gasteiger partial charge >= 0.3 is 0 Å². The van der Waals surface area contributed by atoms with E-state index in [1.807, 2.05) is 26.8 Å². The quantitative estimate of drug-likeness (QED) is 0.244. The Bertz CT molecular complexity index is 1410. The molecule has 0 aliphatic rings. The lowest BCUT2D eigenvalue weighted by atomic mass is 9.99. The highest BCUT2D eigenvalue weighted by Crippen LogP contribution is 2.19. The Morgan fingerprint density at radius 2 is 1.62 bits per heavy atom. The summed E-state index contributed by atoms with van der Waals surface area (Å²) in [7, 11) is -2.60. The molecule has 1 heterocycles. The fourth-order valence-electron chi connectivity index (χ4n) is 3.70. The van der Waals surface area contributed by atoms with Crippen LogP contribution in [0.2, 0.25) is 0 Å². The van der Waals surface area contributed by atoms with Crippen molar-refractivity contribution in [2.45, 2.75) is 44.2 Å². The molecule has 0 unspecified atom stereocenters. The van der Waals surface area contributed by atoms with Crippen molar-refractivity contribution >= 4 is 27.6 Å². The van der Waals surface area contributed by atoms with Crippen molar-refractivity contribution in [1.82, 2.24) is 25.6 Å². The lowest BCUT2D eigenvalue weighted by molar-refractivity contribution is -0.130. The third-order valence-electron chi connectivity index (χ3n) is 5.74. The van der Waals surface area contributed by atoms with Gasteiger partial charge in [0.15, 0.2) is 0 Å². The molecule has 3 aromatic rings. The van der Waals surface area contributed by atoms with Crippen LogP contribution in [0.1, 0.15) is 36.5 Å². The van der Waals surface area contributed by atoms with E-state index in [-0.39, 0.29) is 35.6 Å². The molecule has 0 spiro atoms. The van der Waals surface area contributed by atoms with Gasteiger partial charge in [0.05, 0.1) is 24.1 Å². The highest BCUT2D eigenvalue weighted by Gasteiger charge is 2.31. The molecule has 12 nitrogen and oxygen atoms in total. The van der Waals surface area contributed by atoms with Crippen LogP contribution >= 0.6 is 0 Å². The Morgan fingerprint density at radius 3 is 2.25 bits per heavy atom. The molecular formula is C27H33N5O7S. The minimum absolute atomic E-state index is 0.00331. The predicted octanol–water partition coefficient (Wildman–Crippen LogP) is 1.87. The van der Waals surface area contributed by atoms with Crippen LogP contribution in [-0.2, 0) is 24.3 Å². The molecule has 2 atom stereocenters. The first-order chi connectivity index (χ1) is 19.0. The number of ether oxygens (including phenoxy) is 1. The Hall–Kier alpha value is -3.94. The molecule has 40 heavy (non-hydrogen) atoms. The van der Waals surface area contributed by atoms with E-state index in [9.17, 15) is 22.8 Å². The number of amides is 2. The first kappa shape index (κ1) is 30.6. The number of aryl methyl sites for hydroxylation is 1. The first-order valence-corrected chi connectivity index (χ1v) is 14.1. The number of nitrogens with zero attached hydrogens (tertiary/aromatic N) is 2. The van der Waals surface area contributed by atoms with Gasteiger partial charge < -0.3 is 19.8 Å². The number of hydrogen-bond acceptors (Lipinski definition) is 9. The van der Waals surface area contributed by atoms with Crippen LogP contribution in [0, 0.1) is 12.8 Å². The molecule has 2 amide bonds. The summed E-state index contributed by atoms with van der Waals surface area (Å²) in [6.07, 6.45) is 0.262. The number of benzene rings is 2. The average molecular weight is 572 g/mol. The molecule has 0 bridgehead atoms. The maximum Gasteiger partial charge on any atom is 0.286 e. The fourth-order valence-corrected chi connectivity index (χ4v) is 4.68. The standard InChI is InChI=1S/C27H33N5O7S/c1-17(2)14-21(24(34)27-32-31-26(39-27)19-8-6-5-7-9-19)30-25(35)22(16-38-4)29-23(33)15-28-40(36,37)20-12-10-18(3)11-13-20/h5-13,17,21-22,28H,14-16H2,1-4H3,(H,29,33)(H,30,35)/t21-,22-/m0/s1. The predicted molar refractivity (Wildman–Crippen MR) is 146 cm³/mol. The second-order valence-corrected chi connectivity index (χ2v) is 11.3. The van der Waals surface area contributed by atoms with Crippen LogP contribution in [0.3, 0.4) is 0 Å². The SMILES string of the molecule is COC[C@H](NC(=O)CNS(=O)(=O)c1ccc(C)cc1)C(=O)N[C@@H](CC(C)C)C(=O)c1nnc(-c2ccccc2)o1. The zero-order valence-electron chi connectivity index (χ0n) is 22.7. The van der Waals surface area contributed by atoms with Crippen molar-refractivity contribution in [2.24, 2.45) is 5.92 Å². The monoisotopic (exact) mass is 571 g/mol. The van der Waals surface area contributed by atoms with Crippen molar-refractivity contribution in [3.63, 3.8) is 0 Å². The number of methoxy groups -OCH3 is 1. The Balaban J connectivity index is 1.66. The molecule has 0 saturated carbocycles. The number of carbonyl (C=O) groups is 3. The highest BCUT2D eigenvalue weighted by molar-refractivity contribution is 7.89. The number of carbonyl (C=O) groups excluding carboxylic acids is 3. The molecule has 0 radical (unpaired) electrons. The average Bonchev–Trinajstić information content (AvgIpc) is 3.42. The lowest BCUT2D eigenvalue weighted by Crippen LogP contribution is -2.55. The largest absolute Gasteiger partial charge is 0.414 e. The number of sulfonamides is 1. The Labute approximate surface area is 233 Å². The van der Waals surface area contributed by atoms with E-state index < -0.39 is 46.2 Å². The highest BCUT2D eigenvalue weighted by atomic mass is 32.2. The normalized spacial score (nSPS) is 13.0. The Kier molecular flexibility index (Phi) is 10.6. The van der Waals surface area contributed by atoms with Crippen LogP contribution in [-0.4, -0.2) is 68.6 Å². The van der Waals surface area contributed by atoms with Crippen molar-refractivity contribution in [2.75, 3.05) is 20.3 Å². The number of aromatic nitrogens is 2. The molecule has 1 aromatic heterocycles. The van der Waals surface area contributed by atoms with Gasteiger partial charge in [-0.05, 0) is 43.5 Å². The van der Waals surface area contributed by atoms with Gasteiger partial charge in [-0.1, -0.05) is 49.7 Å². The van der Waals surface area contributed by atoms with Crippen molar-refractivity contribution < 1.29 is 32.0 Å². The van der Waals surface area contributed by atoms with Gasteiger partial charge in [0, 0.05) is 12.7 Å². The van der Waals surface area contributed by atoms with Crippen molar-refractivity contribution in [3.05, 3.63) is 66.1 Å². The molecule has 3 rings (SSSR count). The van der Waals surface area contributed by atoms with E-state index in [4.69, 9.17) is 9.15 Å². The van der Waals surface area contributed by atoms with Crippen LogP contribution in [0.5, 0.6) is 0 Å². The first-order valence-electron chi connectivity index (χ1n) is 12.6. The number of rotatable bonds is 14. The fraction of sp³-hybridized carbons (Fsp3) is 0.370. The maximum absolute atomic E-state index is 13.2. The minimum atomic E-state index is -3.94. The van der Waals surface area contributed by atoms with Gasteiger partial charge in [-0.2, -0.15) is 0 Å². The Morgan fingerprint density at radius 1 is 0.950 bits per heavy atom. The lowest BCUT2D eigenvalue weighted by Gasteiger charge is -2.23. The number of Topliss-reactive ketones (excluding diaryl/α,β-unsaturated/α-hetero) is 1. The molecule has 0 aliphatic heterocycles. The molecule has 0 saturated heterocycles. The molecule has 3 N–H and O–H groups in total. The number of nitrogens with one attached hydrogen (secondary N) is 3. The van der Waals surface area contributed by atoms with Crippen LogP contribution in [0.25, 0.3) is 11.5 Å².